The molecule has 0 aliphatic rings. The van der Waals surface area contributed by atoms with Crippen LogP contribution < -0.4 is 0 Å². The lowest BCUT2D eigenvalue weighted by Gasteiger charge is -2.16. The third-order valence-corrected chi connectivity index (χ3v) is 9.45. The largest absolute Gasteiger partial charge is 0.238 e. The standard InChI is InChI=1S/C49H31N7/c1-50-39-29-26-33(27-30-39)41-31-28-38(32-43(41)49-55-46(36-20-10-4-11-21-36)52-47(56-49)37-22-12-5-13-23-37)40-24-14-15-25-42(40)48-53-44(34-16-6-2-7-17-34)51-45(54-48)35-18-8-3-9-19-35/h2-32H. The molecule has 7 nitrogen and oxygen atoms in total. The first kappa shape index (κ1) is 33.9. The van der Waals surface area contributed by atoms with Crippen molar-refractivity contribution in [2.24, 2.45) is 0 Å². The Morgan fingerprint density at radius 3 is 1.04 bits per heavy atom. The van der Waals surface area contributed by atoms with Crippen LogP contribution in [0.15, 0.2) is 188 Å². The van der Waals surface area contributed by atoms with Gasteiger partial charge in [0, 0.05) is 33.4 Å². The van der Waals surface area contributed by atoms with Crippen molar-refractivity contribution < 1.29 is 0 Å². The maximum absolute atomic E-state index is 7.53. The second kappa shape index (κ2) is 15.2. The van der Waals surface area contributed by atoms with Crippen LogP contribution in [-0.2, 0) is 0 Å². The van der Waals surface area contributed by atoms with Gasteiger partial charge in [-0.2, -0.15) is 0 Å². The molecule has 0 spiro atoms. The van der Waals surface area contributed by atoms with E-state index in [2.05, 4.69) is 35.2 Å². The van der Waals surface area contributed by atoms with Gasteiger partial charge in [-0.3, -0.25) is 0 Å². The van der Waals surface area contributed by atoms with Gasteiger partial charge in [-0.05, 0) is 28.3 Å². The first-order valence-electron chi connectivity index (χ1n) is 18.2. The molecule has 262 valence electrons. The van der Waals surface area contributed by atoms with E-state index >= 15 is 0 Å². The molecule has 2 aromatic heterocycles. The molecule has 0 saturated heterocycles. The summed E-state index contributed by atoms with van der Waals surface area (Å²) in [4.78, 5) is 33.8. The second-order valence-electron chi connectivity index (χ2n) is 13.0. The molecule has 0 aliphatic heterocycles. The van der Waals surface area contributed by atoms with Gasteiger partial charge in [-0.25, -0.2) is 34.7 Å². The fraction of sp³-hybridized carbons (Fsp3) is 0. The number of hydrogen-bond acceptors (Lipinski definition) is 6. The Balaban J connectivity index is 1.26. The average molecular weight is 718 g/mol. The predicted molar refractivity (Wildman–Crippen MR) is 223 cm³/mol. The van der Waals surface area contributed by atoms with Gasteiger partial charge in [-0.15, -0.1) is 0 Å². The van der Waals surface area contributed by atoms with Crippen LogP contribution in [0.5, 0.6) is 0 Å². The van der Waals surface area contributed by atoms with Gasteiger partial charge >= 0.3 is 0 Å². The molecule has 2 heterocycles. The summed E-state index contributed by atoms with van der Waals surface area (Å²) in [5.74, 6) is 3.42. The van der Waals surface area contributed by atoms with Gasteiger partial charge in [0.25, 0.3) is 0 Å². The monoisotopic (exact) mass is 717 g/mol. The van der Waals surface area contributed by atoms with Crippen molar-refractivity contribution in [1.29, 1.82) is 0 Å². The maximum Gasteiger partial charge on any atom is 0.187 e. The number of nitrogens with zero attached hydrogens (tertiary/aromatic N) is 7. The van der Waals surface area contributed by atoms with Crippen LogP contribution in [0, 0.1) is 6.57 Å². The molecule has 0 unspecified atom stereocenters. The molecule has 9 rings (SSSR count). The third-order valence-electron chi connectivity index (χ3n) is 9.45. The summed E-state index contributed by atoms with van der Waals surface area (Å²) in [5.41, 5.74) is 9.55. The van der Waals surface area contributed by atoms with Gasteiger partial charge < -0.3 is 0 Å². The van der Waals surface area contributed by atoms with Gasteiger partial charge in [0.15, 0.2) is 40.6 Å². The Morgan fingerprint density at radius 2 is 0.607 bits per heavy atom. The number of benzene rings is 7. The highest BCUT2D eigenvalue weighted by Gasteiger charge is 2.20. The van der Waals surface area contributed by atoms with Gasteiger partial charge in [-0.1, -0.05) is 182 Å². The summed E-state index contributed by atoms with van der Waals surface area (Å²) >= 11 is 0. The molecule has 0 bridgehead atoms. The minimum atomic E-state index is 0.527. The van der Waals surface area contributed by atoms with Crippen LogP contribution in [0.3, 0.4) is 0 Å². The molecule has 0 saturated carbocycles. The highest BCUT2D eigenvalue weighted by molar-refractivity contribution is 5.89. The predicted octanol–water partition coefficient (Wildman–Crippen LogP) is 11.9. The van der Waals surface area contributed by atoms with Crippen molar-refractivity contribution in [3.63, 3.8) is 0 Å². The van der Waals surface area contributed by atoms with Crippen LogP contribution >= 0.6 is 0 Å². The van der Waals surface area contributed by atoms with E-state index in [0.717, 1.165) is 55.6 Å². The lowest BCUT2D eigenvalue weighted by Crippen LogP contribution is -2.02. The minimum absolute atomic E-state index is 0.527. The second-order valence-corrected chi connectivity index (χ2v) is 13.0. The van der Waals surface area contributed by atoms with Crippen LogP contribution in [0.1, 0.15) is 0 Å². The highest BCUT2D eigenvalue weighted by atomic mass is 15.0. The zero-order chi connectivity index (χ0) is 37.7. The maximum atomic E-state index is 7.53. The Hall–Kier alpha value is -7.95. The van der Waals surface area contributed by atoms with Crippen molar-refractivity contribution >= 4 is 5.69 Å². The fourth-order valence-corrected chi connectivity index (χ4v) is 6.65. The minimum Gasteiger partial charge on any atom is -0.238 e. The van der Waals surface area contributed by atoms with E-state index in [4.69, 9.17) is 36.5 Å². The van der Waals surface area contributed by atoms with E-state index in [1.54, 1.807) is 0 Å². The Morgan fingerprint density at radius 1 is 0.268 bits per heavy atom. The summed E-state index contributed by atoms with van der Waals surface area (Å²) in [6.07, 6.45) is 0. The smallest absolute Gasteiger partial charge is 0.187 e. The summed E-state index contributed by atoms with van der Waals surface area (Å²) in [6.45, 7) is 7.53. The Labute approximate surface area is 324 Å². The Kier molecular flexibility index (Phi) is 9.18. The first-order chi connectivity index (χ1) is 27.7. The van der Waals surface area contributed by atoms with Gasteiger partial charge in [0.2, 0.25) is 0 Å². The molecule has 7 heteroatoms. The summed E-state index contributed by atoms with van der Waals surface area (Å²) < 4.78 is 0. The first-order valence-corrected chi connectivity index (χ1v) is 18.2. The summed E-state index contributed by atoms with van der Waals surface area (Å²) in [6, 6.07) is 62.0. The molecule has 0 N–H and O–H groups in total. The summed E-state index contributed by atoms with van der Waals surface area (Å²) in [5, 5.41) is 0. The molecule has 0 amide bonds. The number of rotatable bonds is 8. The van der Waals surface area contributed by atoms with Crippen LogP contribution in [0.2, 0.25) is 0 Å². The lowest BCUT2D eigenvalue weighted by molar-refractivity contribution is 1.07. The fourth-order valence-electron chi connectivity index (χ4n) is 6.65. The van der Waals surface area contributed by atoms with Crippen LogP contribution in [0.25, 0.3) is 95.4 Å². The molecule has 0 radical (unpaired) electrons. The molecule has 7 aromatic carbocycles. The van der Waals surface area contributed by atoms with E-state index in [0.29, 0.717) is 40.6 Å². The van der Waals surface area contributed by atoms with E-state index < -0.39 is 0 Å². The molecular weight excluding hydrogens is 687 g/mol. The molecular formula is C49H31N7. The lowest BCUT2D eigenvalue weighted by atomic mass is 9.92. The zero-order valence-electron chi connectivity index (χ0n) is 30.0. The SMILES string of the molecule is [C-]#[N+]c1ccc(-c2ccc(-c3ccccc3-c3nc(-c4ccccc4)nc(-c4ccccc4)n3)cc2-c2nc(-c3ccccc3)nc(-c3ccccc3)n2)cc1. The Bertz CT molecular complexity index is 2720. The van der Waals surface area contributed by atoms with E-state index in [9.17, 15) is 0 Å². The van der Waals surface area contributed by atoms with Crippen molar-refractivity contribution in [3.8, 4) is 90.6 Å². The summed E-state index contributed by atoms with van der Waals surface area (Å²) in [7, 11) is 0. The molecule has 56 heavy (non-hydrogen) atoms. The molecule has 0 atom stereocenters. The normalized spacial score (nSPS) is 10.8. The van der Waals surface area contributed by atoms with E-state index in [-0.39, 0.29) is 0 Å². The van der Waals surface area contributed by atoms with E-state index in [1.807, 2.05) is 158 Å². The van der Waals surface area contributed by atoms with Gasteiger partial charge in [0.05, 0.1) is 6.57 Å². The molecule has 0 aliphatic carbocycles. The third kappa shape index (κ3) is 6.94. The average Bonchev–Trinajstić information content (AvgIpc) is 3.29. The quantitative estimate of drug-likeness (QED) is 0.146. The number of aromatic nitrogens is 6. The molecule has 0 fully saturated rings. The number of hydrogen-bond donors (Lipinski definition) is 0. The molecule has 9 aromatic rings. The van der Waals surface area contributed by atoms with Crippen LogP contribution in [0.4, 0.5) is 5.69 Å². The highest BCUT2D eigenvalue weighted by Crippen LogP contribution is 2.39. The van der Waals surface area contributed by atoms with Crippen molar-refractivity contribution in [3.05, 3.63) is 199 Å². The van der Waals surface area contributed by atoms with Crippen LogP contribution in [-0.4, -0.2) is 29.9 Å². The van der Waals surface area contributed by atoms with Crippen molar-refractivity contribution in [2.75, 3.05) is 0 Å². The van der Waals surface area contributed by atoms with Crippen molar-refractivity contribution in [1.82, 2.24) is 29.9 Å². The zero-order valence-corrected chi connectivity index (χ0v) is 30.0. The van der Waals surface area contributed by atoms with Crippen molar-refractivity contribution in [2.45, 2.75) is 0 Å². The topological polar surface area (TPSA) is 81.7 Å². The van der Waals surface area contributed by atoms with E-state index in [1.165, 1.54) is 0 Å². The van der Waals surface area contributed by atoms with Gasteiger partial charge in [0.1, 0.15) is 0 Å².